The Kier molecular flexibility index (Phi) is 9.50. The van der Waals surface area contributed by atoms with Crippen molar-refractivity contribution in [2.24, 2.45) is 0 Å². The van der Waals surface area contributed by atoms with Gasteiger partial charge < -0.3 is 29.8 Å². The Morgan fingerprint density at radius 2 is 1.49 bits per heavy atom. The van der Waals surface area contributed by atoms with Crippen LogP contribution in [0.15, 0.2) is 60.9 Å². The van der Waals surface area contributed by atoms with Crippen LogP contribution >= 0.6 is 0 Å². The fourth-order valence-corrected chi connectivity index (χ4v) is 5.15. The first-order chi connectivity index (χ1) is 20.9. The highest BCUT2D eigenvalue weighted by Crippen LogP contribution is 2.27. The summed E-state index contributed by atoms with van der Waals surface area (Å²) in [4.78, 5) is 55.2. The Bertz CT molecular complexity index is 1540. The van der Waals surface area contributed by atoms with Crippen LogP contribution in [0.1, 0.15) is 44.3 Å². The molecule has 0 unspecified atom stereocenters. The van der Waals surface area contributed by atoms with E-state index in [1.165, 1.54) is 7.11 Å². The van der Waals surface area contributed by atoms with Crippen LogP contribution in [-0.2, 0) is 27.4 Å². The number of likely N-dealkylation sites (tertiary alicyclic amines) is 1. The quantitative estimate of drug-likeness (QED) is 0.233. The lowest BCUT2D eigenvalue weighted by molar-refractivity contribution is -0.134. The van der Waals surface area contributed by atoms with Crippen molar-refractivity contribution in [2.75, 3.05) is 26.7 Å². The second kappa shape index (κ2) is 13.8. The van der Waals surface area contributed by atoms with Gasteiger partial charge in [-0.3, -0.25) is 9.59 Å². The first-order valence-corrected chi connectivity index (χ1v) is 14.6. The molecular weight excluding hydrogens is 546 g/mol. The van der Waals surface area contributed by atoms with E-state index in [4.69, 9.17) is 0 Å². The maximum Gasteiger partial charge on any atom is 0.407 e. The molecule has 224 valence electrons. The van der Waals surface area contributed by atoms with Crippen LogP contribution in [0.2, 0.25) is 0 Å². The predicted molar refractivity (Wildman–Crippen MR) is 162 cm³/mol. The van der Waals surface area contributed by atoms with Gasteiger partial charge >= 0.3 is 6.09 Å². The molecule has 0 spiro atoms. The van der Waals surface area contributed by atoms with Gasteiger partial charge in [-0.15, -0.1) is 0 Å². The molecule has 1 saturated heterocycles. The third-order valence-corrected chi connectivity index (χ3v) is 7.50. The molecule has 43 heavy (non-hydrogen) atoms. The molecule has 4 aromatic rings. The maximum atomic E-state index is 12.6. The number of carbonyl (C=O) groups excluding carboxylic acids is 3. The lowest BCUT2D eigenvalue weighted by Crippen LogP contribution is -2.40. The normalized spacial score (nSPS) is 13.2. The summed E-state index contributed by atoms with van der Waals surface area (Å²) in [5.74, 6) is 1.46. The van der Waals surface area contributed by atoms with Crippen LogP contribution in [0.5, 0.6) is 0 Å². The number of nitrogens with one attached hydrogen (secondary N) is 3. The smallest absolute Gasteiger partial charge is 0.407 e. The number of rotatable bonds is 11. The third kappa shape index (κ3) is 7.48. The molecule has 11 nitrogen and oxygen atoms in total. The molecular formula is C32H37N7O4. The van der Waals surface area contributed by atoms with E-state index in [0.717, 1.165) is 65.3 Å². The highest BCUT2D eigenvalue weighted by atomic mass is 16.5. The first-order valence-electron chi connectivity index (χ1n) is 14.6. The minimum absolute atomic E-state index is 0.132. The number of methoxy groups -OCH3 is 1. The van der Waals surface area contributed by atoms with Crippen molar-refractivity contribution in [3.63, 3.8) is 0 Å². The molecule has 3 heterocycles. The number of aromatic nitrogens is 4. The highest BCUT2D eigenvalue weighted by Gasteiger charge is 2.19. The summed E-state index contributed by atoms with van der Waals surface area (Å²) < 4.78 is 4.54. The lowest BCUT2D eigenvalue weighted by atomic mass is 10.0. The van der Waals surface area contributed by atoms with Gasteiger partial charge in [-0.1, -0.05) is 55.5 Å². The molecule has 0 saturated carbocycles. The van der Waals surface area contributed by atoms with E-state index in [0.29, 0.717) is 31.9 Å². The van der Waals surface area contributed by atoms with Gasteiger partial charge in [-0.05, 0) is 41.5 Å². The van der Waals surface area contributed by atoms with Crippen LogP contribution in [-0.4, -0.2) is 74.4 Å². The van der Waals surface area contributed by atoms with E-state index in [1.807, 2.05) is 30.2 Å². The van der Waals surface area contributed by atoms with E-state index in [2.05, 4.69) is 66.4 Å². The van der Waals surface area contributed by atoms with Crippen LogP contribution in [0, 0.1) is 0 Å². The number of alkyl carbamates (subject to hydrolysis) is 1. The van der Waals surface area contributed by atoms with Gasteiger partial charge in [-0.2, -0.15) is 0 Å². The summed E-state index contributed by atoms with van der Waals surface area (Å²) in [5, 5.41) is 2.43. The zero-order valence-corrected chi connectivity index (χ0v) is 24.6. The molecule has 3 amide bonds. The number of carbonyl (C=O) groups is 3. The summed E-state index contributed by atoms with van der Waals surface area (Å²) in [5.41, 5.74) is 5.98. The van der Waals surface area contributed by atoms with Crippen molar-refractivity contribution in [1.82, 2.24) is 35.1 Å². The van der Waals surface area contributed by atoms with Gasteiger partial charge in [-0.25, -0.2) is 14.8 Å². The fourth-order valence-electron chi connectivity index (χ4n) is 5.15. The number of nitrogens with zero attached hydrogens (tertiary/aromatic N) is 4. The third-order valence-electron chi connectivity index (χ3n) is 7.50. The number of ether oxygens (including phenoxy) is 1. The average molecular weight is 584 g/mol. The van der Waals surface area contributed by atoms with Gasteiger partial charge in [0.25, 0.3) is 0 Å². The minimum Gasteiger partial charge on any atom is -0.453 e. The van der Waals surface area contributed by atoms with Crippen molar-refractivity contribution < 1.29 is 19.1 Å². The molecule has 0 bridgehead atoms. The summed E-state index contributed by atoms with van der Waals surface area (Å²) in [7, 11) is 1.26. The zero-order valence-electron chi connectivity index (χ0n) is 24.6. The number of imidazole rings is 2. The maximum absolute atomic E-state index is 12.6. The van der Waals surface area contributed by atoms with Gasteiger partial charge in [0.2, 0.25) is 11.8 Å². The number of aromatic amines is 2. The van der Waals surface area contributed by atoms with Crippen LogP contribution in [0.25, 0.3) is 33.6 Å². The van der Waals surface area contributed by atoms with E-state index >= 15 is 0 Å². The molecule has 0 radical (unpaired) electrons. The Morgan fingerprint density at radius 1 is 0.907 bits per heavy atom. The molecule has 3 N–H and O–H groups in total. The number of amides is 3. The number of hydrogen-bond donors (Lipinski definition) is 3. The molecule has 1 fully saturated rings. The lowest BCUT2D eigenvalue weighted by Gasteiger charge is -2.25. The predicted octanol–water partition coefficient (Wildman–Crippen LogP) is 4.74. The SMILES string of the molecule is CCCN(Cc1ncc(-c2ccc(-c3ccc(-c4cnc(CN5CCCCC5=O)[nH]4)cc3)cc2)[nH]1)C(=O)CNC(=O)OC. The van der Waals surface area contributed by atoms with Gasteiger partial charge in [0.1, 0.15) is 18.2 Å². The molecule has 0 aliphatic carbocycles. The number of piperidine rings is 1. The van der Waals surface area contributed by atoms with Gasteiger partial charge in [0, 0.05) is 19.5 Å². The average Bonchev–Trinajstić information content (AvgIpc) is 3.71. The van der Waals surface area contributed by atoms with E-state index in [-0.39, 0.29) is 18.4 Å². The van der Waals surface area contributed by atoms with E-state index in [9.17, 15) is 14.4 Å². The standard InChI is InChI=1S/C32H37N7O4/c1-3-15-38(31(41)19-35-32(42)43-2)20-28-33-17-26(36-28)24-11-7-22(8-12-24)23-9-13-25(14-10-23)27-18-34-29(37-27)21-39-16-5-4-6-30(39)40/h7-14,17-18H,3-6,15-16,19-21H2,1-2H3,(H,33,36)(H,34,37)(H,35,42). The van der Waals surface area contributed by atoms with Gasteiger partial charge in [0.15, 0.2) is 0 Å². The molecule has 1 aliphatic heterocycles. The van der Waals surface area contributed by atoms with E-state index in [1.54, 1.807) is 11.1 Å². The minimum atomic E-state index is -0.640. The summed E-state index contributed by atoms with van der Waals surface area (Å²) in [6, 6.07) is 16.5. The van der Waals surface area contributed by atoms with E-state index < -0.39 is 6.09 Å². The van der Waals surface area contributed by atoms with Crippen LogP contribution < -0.4 is 5.32 Å². The van der Waals surface area contributed by atoms with Crippen molar-refractivity contribution in [3.8, 4) is 33.6 Å². The Hall–Kier alpha value is -4.93. The van der Waals surface area contributed by atoms with Crippen molar-refractivity contribution in [3.05, 3.63) is 72.6 Å². The van der Waals surface area contributed by atoms with Gasteiger partial charge in [0.05, 0.1) is 44.0 Å². The second-order valence-electron chi connectivity index (χ2n) is 10.6. The van der Waals surface area contributed by atoms with Crippen molar-refractivity contribution in [1.29, 1.82) is 0 Å². The summed E-state index contributed by atoms with van der Waals surface area (Å²) >= 11 is 0. The van der Waals surface area contributed by atoms with Crippen LogP contribution in [0.4, 0.5) is 4.79 Å². The largest absolute Gasteiger partial charge is 0.453 e. The fraction of sp³-hybridized carbons (Fsp3) is 0.344. The highest BCUT2D eigenvalue weighted by molar-refractivity contribution is 5.82. The second-order valence-corrected chi connectivity index (χ2v) is 10.6. The monoisotopic (exact) mass is 583 g/mol. The topological polar surface area (TPSA) is 136 Å². The number of benzene rings is 2. The summed E-state index contributed by atoms with van der Waals surface area (Å²) in [6.07, 6.45) is 6.37. The Morgan fingerprint density at radius 3 is 2.07 bits per heavy atom. The molecule has 0 atom stereocenters. The molecule has 2 aromatic carbocycles. The first kappa shape index (κ1) is 29.6. The number of hydrogen-bond acceptors (Lipinski definition) is 6. The molecule has 11 heteroatoms. The zero-order chi connectivity index (χ0) is 30.2. The molecule has 2 aromatic heterocycles. The Balaban J connectivity index is 1.20. The van der Waals surface area contributed by atoms with Crippen molar-refractivity contribution >= 4 is 17.9 Å². The summed E-state index contributed by atoms with van der Waals surface area (Å²) in [6.45, 7) is 4.03. The van der Waals surface area contributed by atoms with Crippen LogP contribution in [0.3, 0.4) is 0 Å². The Labute approximate surface area is 250 Å². The number of H-pyrrole nitrogens is 2. The van der Waals surface area contributed by atoms with Crippen molar-refractivity contribution in [2.45, 2.75) is 45.7 Å². The molecule has 1 aliphatic rings. The molecule has 5 rings (SSSR count).